The van der Waals surface area contributed by atoms with E-state index in [4.69, 9.17) is 4.42 Å². The maximum atomic E-state index is 12.8. The number of nitrogens with one attached hydrogen (secondary N) is 1. The number of thiazole rings is 1. The van der Waals surface area contributed by atoms with Gasteiger partial charge < -0.3 is 14.6 Å². The number of rotatable bonds is 7. The Hall–Kier alpha value is -3.23. The van der Waals surface area contributed by atoms with E-state index in [0.29, 0.717) is 41.5 Å². The molecule has 0 saturated carbocycles. The van der Waals surface area contributed by atoms with Crippen molar-refractivity contribution in [3.8, 4) is 10.6 Å². The van der Waals surface area contributed by atoms with Crippen LogP contribution < -0.4 is 11.1 Å². The van der Waals surface area contributed by atoms with Gasteiger partial charge in [0.25, 0.3) is 5.91 Å². The zero-order valence-electron chi connectivity index (χ0n) is 18.6. The van der Waals surface area contributed by atoms with Crippen LogP contribution in [0.2, 0.25) is 0 Å². The molecule has 32 heavy (non-hydrogen) atoms. The van der Waals surface area contributed by atoms with Crippen LogP contribution in [0.4, 0.5) is 5.69 Å². The van der Waals surface area contributed by atoms with Crippen LogP contribution >= 0.6 is 11.3 Å². The molecule has 0 spiro atoms. The molecule has 2 heterocycles. The van der Waals surface area contributed by atoms with Gasteiger partial charge in [0.15, 0.2) is 5.58 Å². The van der Waals surface area contributed by atoms with Crippen molar-refractivity contribution in [3.63, 3.8) is 0 Å². The number of hydrogen-bond donors (Lipinski definition) is 1. The lowest BCUT2D eigenvalue weighted by Gasteiger charge is -2.09. The fraction of sp³-hybridized carbons (Fsp3) is 0.292. The molecule has 0 saturated heterocycles. The third-order valence-electron chi connectivity index (χ3n) is 5.26. The molecule has 4 aromatic rings. The Balaban J connectivity index is 1.52. The zero-order valence-corrected chi connectivity index (χ0v) is 19.4. The number of oxazole rings is 1. The smallest absolute Gasteiger partial charge is 0.408 e. The van der Waals surface area contributed by atoms with Gasteiger partial charge in [-0.3, -0.25) is 9.36 Å². The first-order valence-electron chi connectivity index (χ1n) is 10.5. The largest absolute Gasteiger partial charge is 0.419 e. The van der Waals surface area contributed by atoms with Gasteiger partial charge in [0, 0.05) is 29.7 Å². The Morgan fingerprint density at radius 2 is 1.94 bits per heavy atom. The van der Waals surface area contributed by atoms with E-state index in [1.165, 1.54) is 16.9 Å². The molecule has 0 radical (unpaired) electrons. The summed E-state index contributed by atoms with van der Waals surface area (Å²) in [6.07, 6.45) is 0. The Morgan fingerprint density at radius 3 is 2.62 bits per heavy atom. The third kappa shape index (κ3) is 4.66. The lowest BCUT2D eigenvalue weighted by atomic mass is 10.0. The minimum absolute atomic E-state index is 0.295. The van der Waals surface area contributed by atoms with Gasteiger partial charge in [-0.25, -0.2) is 9.78 Å². The van der Waals surface area contributed by atoms with Crippen molar-refractivity contribution in [1.29, 1.82) is 0 Å². The van der Waals surface area contributed by atoms with Crippen LogP contribution in [-0.2, 0) is 6.54 Å². The second-order valence-electron chi connectivity index (χ2n) is 8.27. The number of likely N-dealkylation sites (N-methyl/N-ethyl adjacent to an activating group) is 1. The van der Waals surface area contributed by atoms with E-state index >= 15 is 0 Å². The van der Waals surface area contributed by atoms with Crippen molar-refractivity contribution in [1.82, 2.24) is 14.5 Å². The first-order chi connectivity index (χ1) is 15.3. The molecule has 2 aromatic carbocycles. The number of carbonyl (C=O) groups excluding carboxylic acids is 1. The Morgan fingerprint density at radius 1 is 1.19 bits per heavy atom. The van der Waals surface area contributed by atoms with Crippen molar-refractivity contribution in [2.24, 2.45) is 0 Å². The quantitative estimate of drug-likeness (QED) is 0.443. The standard InChI is InChI=1S/C24H26N4O3S/c1-15(2)16-5-7-17(8-6-16)23-26-19(14-32-23)22(29)25-18-9-10-21-20(13-18)28(24(30)31-21)12-11-27(3)4/h5-10,13-15H,11-12H2,1-4H3,(H,25,29). The molecule has 2 aromatic heterocycles. The zero-order chi connectivity index (χ0) is 22.8. The van der Waals surface area contributed by atoms with E-state index in [9.17, 15) is 9.59 Å². The first kappa shape index (κ1) is 22.0. The molecule has 0 atom stereocenters. The summed E-state index contributed by atoms with van der Waals surface area (Å²) in [5.74, 6) is -0.234. The van der Waals surface area contributed by atoms with Crippen molar-refractivity contribution in [2.45, 2.75) is 26.3 Å². The molecule has 4 rings (SSSR count). The van der Waals surface area contributed by atoms with Gasteiger partial charge in [-0.2, -0.15) is 0 Å². The molecule has 7 nitrogen and oxygen atoms in total. The van der Waals surface area contributed by atoms with E-state index < -0.39 is 5.76 Å². The van der Waals surface area contributed by atoms with Crippen molar-refractivity contribution < 1.29 is 9.21 Å². The van der Waals surface area contributed by atoms with Crippen LogP contribution in [0.5, 0.6) is 0 Å². The highest BCUT2D eigenvalue weighted by atomic mass is 32.1. The molecular weight excluding hydrogens is 424 g/mol. The van der Waals surface area contributed by atoms with E-state index in [0.717, 1.165) is 10.6 Å². The molecule has 8 heteroatoms. The molecule has 0 bridgehead atoms. The molecule has 0 aliphatic carbocycles. The van der Waals surface area contributed by atoms with Gasteiger partial charge in [0.1, 0.15) is 10.7 Å². The van der Waals surface area contributed by atoms with Gasteiger partial charge in [-0.05, 0) is 43.8 Å². The number of fused-ring (bicyclic) bond motifs is 1. The Bertz CT molecular complexity index is 1300. The van der Waals surface area contributed by atoms with Crippen LogP contribution in [0.1, 0.15) is 35.8 Å². The summed E-state index contributed by atoms with van der Waals surface area (Å²) in [5, 5.41) is 5.43. The molecule has 1 N–H and O–H groups in total. The second kappa shape index (κ2) is 9.10. The number of carbonyl (C=O) groups is 1. The fourth-order valence-electron chi connectivity index (χ4n) is 3.37. The van der Waals surface area contributed by atoms with Crippen LogP contribution in [-0.4, -0.2) is 41.0 Å². The predicted octanol–water partition coefficient (Wildman–Crippen LogP) is 4.66. The summed E-state index contributed by atoms with van der Waals surface area (Å²) in [4.78, 5) is 31.5. The van der Waals surface area contributed by atoms with E-state index in [1.54, 1.807) is 28.1 Å². The maximum Gasteiger partial charge on any atom is 0.419 e. The number of nitrogens with zero attached hydrogens (tertiary/aromatic N) is 3. The summed E-state index contributed by atoms with van der Waals surface area (Å²) < 4.78 is 6.89. The predicted molar refractivity (Wildman–Crippen MR) is 129 cm³/mol. The number of hydrogen-bond acceptors (Lipinski definition) is 6. The van der Waals surface area contributed by atoms with Gasteiger partial charge in [-0.15, -0.1) is 11.3 Å². The van der Waals surface area contributed by atoms with Gasteiger partial charge in [0.2, 0.25) is 0 Å². The van der Waals surface area contributed by atoms with Gasteiger partial charge in [0.05, 0.1) is 5.52 Å². The molecule has 0 aliphatic heterocycles. The molecule has 1 amide bonds. The lowest BCUT2D eigenvalue weighted by Crippen LogP contribution is -2.23. The monoisotopic (exact) mass is 450 g/mol. The van der Waals surface area contributed by atoms with Crippen molar-refractivity contribution in [2.75, 3.05) is 26.0 Å². The normalized spacial score (nSPS) is 11.6. The van der Waals surface area contributed by atoms with Crippen LogP contribution in [0.25, 0.3) is 21.7 Å². The average Bonchev–Trinajstić information content (AvgIpc) is 3.37. The molecule has 0 aliphatic rings. The summed E-state index contributed by atoms with van der Waals surface area (Å²) in [5.41, 5.74) is 4.34. The first-order valence-corrected chi connectivity index (χ1v) is 11.3. The summed E-state index contributed by atoms with van der Waals surface area (Å²) >= 11 is 1.44. The third-order valence-corrected chi connectivity index (χ3v) is 6.15. The van der Waals surface area contributed by atoms with E-state index in [2.05, 4.69) is 36.3 Å². The summed E-state index contributed by atoms with van der Waals surface area (Å²) in [6.45, 7) is 5.51. The van der Waals surface area contributed by atoms with Crippen LogP contribution in [0.3, 0.4) is 0 Å². The Labute approximate surface area is 190 Å². The highest BCUT2D eigenvalue weighted by molar-refractivity contribution is 7.13. The lowest BCUT2D eigenvalue weighted by molar-refractivity contribution is 0.102. The van der Waals surface area contributed by atoms with E-state index in [1.807, 2.05) is 31.1 Å². The molecular formula is C24H26N4O3S. The maximum absolute atomic E-state index is 12.8. The Kier molecular flexibility index (Phi) is 6.25. The van der Waals surface area contributed by atoms with E-state index in [-0.39, 0.29) is 5.91 Å². The number of benzene rings is 2. The summed E-state index contributed by atoms with van der Waals surface area (Å²) in [7, 11) is 3.89. The minimum atomic E-state index is -0.405. The van der Waals surface area contributed by atoms with Gasteiger partial charge >= 0.3 is 5.76 Å². The average molecular weight is 451 g/mol. The van der Waals surface area contributed by atoms with Crippen LogP contribution in [0, 0.1) is 0 Å². The van der Waals surface area contributed by atoms with Crippen molar-refractivity contribution in [3.05, 3.63) is 69.7 Å². The summed E-state index contributed by atoms with van der Waals surface area (Å²) in [6, 6.07) is 13.4. The minimum Gasteiger partial charge on any atom is -0.408 e. The highest BCUT2D eigenvalue weighted by Crippen LogP contribution is 2.26. The highest BCUT2D eigenvalue weighted by Gasteiger charge is 2.15. The molecule has 0 unspecified atom stereocenters. The number of aromatic nitrogens is 2. The molecule has 0 fully saturated rings. The second-order valence-corrected chi connectivity index (χ2v) is 9.13. The molecule has 166 valence electrons. The van der Waals surface area contributed by atoms with Crippen molar-refractivity contribution >= 4 is 34.0 Å². The van der Waals surface area contributed by atoms with Gasteiger partial charge in [-0.1, -0.05) is 38.1 Å². The topological polar surface area (TPSA) is 80.4 Å². The van der Waals surface area contributed by atoms with Crippen LogP contribution in [0.15, 0.2) is 57.1 Å². The SMILES string of the molecule is CC(C)c1ccc(-c2nc(C(=O)Nc3ccc4oc(=O)n(CCN(C)C)c4c3)cs2)cc1. The number of amides is 1. The fourth-order valence-corrected chi connectivity index (χ4v) is 4.17. The number of anilines is 1.